The number of carbonyl (C=O) groups excluding carboxylic acids is 1. The topological polar surface area (TPSA) is 40.5 Å². The van der Waals surface area contributed by atoms with Gasteiger partial charge in [0.15, 0.2) is 0 Å². The summed E-state index contributed by atoms with van der Waals surface area (Å²) < 4.78 is 0. The van der Waals surface area contributed by atoms with Crippen LogP contribution in [0.25, 0.3) is 0 Å². The third-order valence-corrected chi connectivity index (χ3v) is 3.33. The Kier molecular flexibility index (Phi) is 3.36. The molecule has 1 aliphatic rings. The second kappa shape index (κ2) is 4.78. The number of hydrogen-bond donors (Lipinski definition) is 1. The Bertz CT molecular complexity index is 428. The van der Waals surface area contributed by atoms with Crippen LogP contribution >= 0.6 is 0 Å². The first-order chi connectivity index (χ1) is 8.08. The van der Waals surface area contributed by atoms with Crippen molar-refractivity contribution in [2.45, 2.75) is 26.7 Å². The highest BCUT2D eigenvalue weighted by molar-refractivity contribution is 5.97. The number of rotatable bonds is 1. The normalized spacial score (nSPS) is 20.4. The Balaban J connectivity index is 2.18. The van der Waals surface area contributed by atoms with E-state index in [0.717, 1.165) is 25.1 Å². The third kappa shape index (κ3) is 2.60. The van der Waals surface area contributed by atoms with Crippen LogP contribution in [0.3, 0.4) is 0 Å². The van der Waals surface area contributed by atoms with E-state index in [9.17, 15) is 9.90 Å². The average Bonchev–Trinajstić information content (AvgIpc) is 2.28. The van der Waals surface area contributed by atoms with Crippen LogP contribution in [0.15, 0.2) is 18.2 Å². The fourth-order valence-corrected chi connectivity index (χ4v) is 2.37. The van der Waals surface area contributed by atoms with Gasteiger partial charge >= 0.3 is 0 Å². The van der Waals surface area contributed by atoms with Crippen molar-refractivity contribution in [1.29, 1.82) is 0 Å². The predicted molar refractivity (Wildman–Crippen MR) is 67.1 cm³/mol. The van der Waals surface area contributed by atoms with Gasteiger partial charge in [-0.05, 0) is 43.4 Å². The third-order valence-electron chi connectivity index (χ3n) is 3.33. The number of likely N-dealkylation sites (tertiary alicyclic amines) is 1. The number of aryl methyl sites for hydroxylation is 1. The zero-order valence-electron chi connectivity index (χ0n) is 10.4. The SMILES string of the molecule is Cc1ccc(C(=O)N2CCCC(C)C2)c(O)c1. The highest BCUT2D eigenvalue weighted by atomic mass is 16.3. The molecule has 0 aliphatic carbocycles. The molecule has 3 heteroatoms. The molecule has 1 fully saturated rings. The monoisotopic (exact) mass is 233 g/mol. The van der Waals surface area contributed by atoms with Crippen LogP contribution in [0.1, 0.15) is 35.7 Å². The lowest BCUT2D eigenvalue weighted by Crippen LogP contribution is -2.39. The van der Waals surface area contributed by atoms with Gasteiger partial charge in [0, 0.05) is 13.1 Å². The standard InChI is InChI=1S/C14H19NO2/c1-10-5-6-12(13(16)8-10)14(17)15-7-3-4-11(2)9-15/h5-6,8,11,16H,3-4,7,9H2,1-2H3. The summed E-state index contributed by atoms with van der Waals surface area (Å²) in [6.45, 7) is 5.66. The van der Waals surface area contributed by atoms with Crippen LogP contribution < -0.4 is 0 Å². The molecule has 1 unspecified atom stereocenters. The Hall–Kier alpha value is -1.51. The number of phenols is 1. The molecule has 2 rings (SSSR count). The van der Waals surface area contributed by atoms with Crippen molar-refractivity contribution >= 4 is 5.91 Å². The number of phenolic OH excluding ortho intramolecular Hbond substituents is 1. The molecule has 1 aromatic carbocycles. The van der Waals surface area contributed by atoms with Crippen molar-refractivity contribution in [1.82, 2.24) is 4.90 Å². The summed E-state index contributed by atoms with van der Waals surface area (Å²) in [6, 6.07) is 5.22. The number of aromatic hydroxyl groups is 1. The minimum absolute atomic E-state index is 0.0472. The minimum Gasteiger partial charge on any atom is -0.507 e. The van der Waals surface area contributed by atoms with E-state index in [1.165, 1.54) is 6.42 Å². The summed E-state index contributed by atoms with van der Waals surface area (Å²) >= 11 is 0. The lowest BCUT2D eigenvalue weighted by molar-refractivity contribution is 0.0680. The van der Waals surface area contributed by atoms with Crippen LogP contribution in [-0.2, 0) is 0 Å². The van der Waals surface area contributed by atoms with Crippen molar-refractivity contribution in [2.75, 3.05) is 13.1 Å². The molecule has 0 spiro atoms. The quantitative estimate of drug-likeness (QED) is 0.810. The summed E-state index contributed by atoms with van der Waals surface area (Å²) in [5.41, 5.74) is 1.38. The van der Waals surface area contributed by atoms with Crippen LogP contribution in [0.2, 0.25) is 0 Å². The highest BCUT2D eigenvalue weighted by Crippen LogP contribution is 2.23. The highest BCUT2D eigenvalue weighted by Gasteiger charge is 2.23. The van der Waals surface area contributed by atoms with E-state index in [0.29, 0.717) is 11.5 Å². The second-order valence-corrected chi connectivity index (χ2v) is 5.02. The zero-order valence-corrected chi connectivity index (χ0v) is 10.4. The maximum Gasteiger partial charge on any atom is 0.257 e. The molecule has 92 valence electrons. The zero-order chi connectivity index (χ0) is 12.4. The van der Waals surface area contributed by atoms with E-state index >= 15 is 0 Å². The number of benzene rings is 1. The second-order valence-electron chi connectivity index (χ2n) is 5.02. The molecule has 0 saturated carbocycles. The Morgan fingerprint density at radius 1 is 1.47 bits per heavy atom. The van der Waals surface area contributed by atoms with Crippen LogP contribution in [0, 0.1) is 12.8 Å². The maximum absolute atomic E-state index is 12.2. The molecule has 1 N–H and O–H groups in total. The van der Waals surface area contributed by atoms with Crippen LogP contribution in [-0.4, -0.2) is 29.0 Å². The van der Waals surface area contributed by atoms with Crippen molar-refractivity contribution in [2.24, 2.45) is 5.92 Å². The van der Waals surface area contributed by atoms with Crippen molar-refractivity contribution in [3.05, 3.63) is 29.3 Å². The fourth-order valence-electron chi connectivity index (χ4n) is 2.37. The number of hydrogen-bond acceptors (Lipinski definition) is 2. The smallest absolute Gasteiger partial charge is 0.257 e. The van der Waals surface area contributed by atoms with E-state index in [-0.39, 0.29) is 11.7 Å². The first kappa shape index (κ1) is 12.0. The van der Waals surface area contributed by atoms with Gasteiger partial charge in [-0.15, -0.1) is 0 Å². The predicted octanol–water partition coefficient (Wildman–Crippen LogP) is 2.57. The van der Waals surface area contributed by atoms with E-state index in [1.54, 1.807) is 12.1 Å². The molecule has 1 saturated heterocycles. The average molecular weight is 233 g/mol. The first-order valence-corrected chi connectivity index (χ1v) is 6.17. The number of nitrogens with zero attached hydrogens (tertiary/aromatic N) is 1. The number of carbonyl (C=O) groups is 1. The van der Waals surface area contributed by atoms with E-state index < -0.39 is 0 Å². The number of amides is 1. The van der Waals surface area contributed by atoms with Gasteiger partial charge in [0.25, 0.3) is 5.91 Å². The lowest BCUT2D eigenvalue weighted by Gasteiger charge is -2.31. The molecule has 1 aromatic rings. The first-order valence-electron chi connectivity index (χ1n) is 6.17. The molecule has 0 bridgehead atoms. The molecule has 3 nitrogen and oxygen atoms in total. The minimum atomic E-state index is -0.0472. The molecular weight excluding hydrogens is 214 g/mol. The molecule has 1 amide bonds. The number of piperidine rings is 1. The van der Waals surface area contributed by atoms with Gasteiger partial charge < -0.3 is 10.0 Å². The molecule has 1 atom stereocenters. The van der Waals surface area contributed by atoms with Gasteiger partial charge in [0.05, 0.1) is 5.56 Å². The largest absolute Gasteiger partial charge is 0.507 e. The molecule has 17 heavy (non-hydrogen) atoms. The maximum atomic E-state index is 12.2. The summed E-state index contributed by atoms with van der Waals surface area (Å²) in [5, 5.41) is 9.81. The van der Waals surface area contributed by atoms with Crippen LogP contribution in [0.4, 0.5) is 0 Å². The molecule has 1 aliphatic heterocycles. The van der Waals surface area contributed by atoms with Crippen molar-refractivity contribution in [3.63, 3.8) is 0 Å². The van der Waals surface area contributed by atoms with Gasteiger partial charge in [0.2, 0.25) is 0 Å². The van der Waals surface area contributed by atoms with Gasteiger partial charge in [-0.2, -0.15) is 0 Å². The summed E-state index contributed by atoms with van der Waals surface area (Å²) in [5.74, 6) is 0.600. The summed E-state index contributed by atoms with van der Waals surface area (Å²) in [6.07, 6.45) is 2.24. The molecular formula is C14H19NO2. The molecule has 0 radical (unpaired) electrons. The van der Waals surface area contributed by atoms with Gasteiger partial charge in [-0.1, -0.05) is 13.0 Å². The fraction of sp³-hybridized carbons (Fsp3) is 0.500. The van der Waals surface area contributed by atoms with Gasteiger partial charge in [0.1, 0.15) is 5.75 Å². The van der Waals surface area contributed by atoms with E-state index in [2.05, 4.69) is 6.92 Å². The Labute approximate surface area is 102 Å². The lowest BCUT2D eigenvalue weighted by atomic mass is 9.99. The van der Waals surface area contributed by atoms with Gasteiger partial charge in [-0.3, -0.25) is 4.79 Å². The van der Waals surface area contributed by atoms with Crippen molar-refractivity contribution < 1.29 is 9.90 Å². The van der Waals surface area contributed by atoms with E-state index in [1.807, 2.05) is 17.9 Å². The van der Waals surface area contributed by atoms with Gasteiger partial charge in [-0.25, -0.2) is 0 Å². The molecule has 1 heterocycles. The Morgan fingerprint density at radius 3 is 2.88 bits per heavy atom. The summed E-state index contributed by atoms with van der Waals surface area (Å²) in [7, 11) is 0. The Morgan fingerprint density at radius 2 is 2.24 bits per heavy atom. The summed E-state index contributed by atoms with van der Waals surface area (Å²) in [4.78, 5) is 14.1. The van der Waals surface area contributed by atoms with Crippen molar-refractivity contribution in [3.8, 4) is 5.75 Å². The van der Waals surface area contributed by atoms with Crippen LogP contribution in [0.5, 0.6) is 5.75 Å². The molecule has 0 aromatic heterocycles. The van der Waals surface area contributed by atoms with E-state index in [4.69, 9.17) is 0 Å².